The number of carboxylic acids is 1. The molecular formula is C15H26N2O2S. The summed E-state index contributed by atoms with van der Waals surface area (Å²) < 4.78 is 0. The third-order valence-corrected chi connectivity index (χ3v) is 4.79. The van der Waals surface area contributed by atoms with Crippen LogP contribution >= 0.6 is 11.3 Å². The second kappa shape index (κ2) is 7.62. The molecule has 0 fully saturated rings. The molecule has 4 nitrogen and oxygen atoms in total. The number of carbonyl (C=O) groups is 1. The first-order valence-electron chi connectivity index (χ1n) is 7.43. The zero-order valence-corrected chi connectivity index (χ0v) is 14.0. The van der Waals surface area contributed by atoms with Gasteiger partial charge >= 0.3 is 5.97 Å². The van der Waals surface area contributed by atoms with Crippen molar-refractivity contribution in [2.45, 2.75) is 53.4 Å². The molecule has 0 aliphatic carbocycles. The van der Waals surface area contributed by atoms with Crippen LogP contribution in [0.5, 0.6) is 0 Å². The van der Waals surface area contributed by atoms with Crippen LogP contribution < -0.4 is 4.90 Å². The highest BCUT2D eigenvalue weighted by Gasteiger charge is 2.22. The molecule has 0 amide bonds. The molecule has 0 bridgehead atoms. The van der Waals surface area contributed by atoms with E-state index in [1.165, 1.54) is 11.3 Å². The lowest BCUT2D eigenvalue weighted by Gasteiger charge is -2.24. The summed E-state index contributed by atoms with van der Waals surface area (Å²) in [5.74, 6) is -0.0939. The minimum Gasteiger partial charge on any atom is -0.477 e. The molecule has 0 aliphatic rings. The lowest BCUT2D eigenvalue weighted by atomic mass is 10.0. The van der Waals surface area contributed by atoms with Crippen molar-refractivity contribution in [1.82, 2.24) is 4.98 Å². The molecule has 0 saturated carbocycles. The summed E-state index contributed by atoms with van der Waals surface area (Å²) in [5.41, 5.74) is 0.709. The largest absolute Gasteiger partial charge is 0.477 e. The van der Waals surface area contributed by atoms with E-state index in [0.29, 0.717) is 16.5 Å². The predicted molar refractivity (Wildman–Crippen MR) is 85.1 cm³/mol. The fourth-order valence-electron chi connectivity index (χ4n) is 2.20. The van der Waals surface area contributed by atoms with Gasteiger partial charge in [-0.1, -0.05) is 51.9 Å². The summed E-state index contributed by atoms with van der Waals surface area (Å²) in [7, 11) is 0. The highest BCUT2D eigenvalue weighted by Crippen LogP contribution is 2.31. The molecule has 0 radical (unpaired) electrons. The van der Waals surface area contributed by atoms with E-state index < -0.39 is 5.97 Å². The van der Waals surface area contributed by atoms with Crippen molar-refractivity contribution in [2.24, 2.45) is 5.92 Å². The Hall–Kier alpha value is -1.10. The number of rotatable bonds is 8. The number of hydrogen-bond acceptors (Lipinski definition) is 4. The van der Waals surface area contributed by atoms with Crippen LogP contribution in [0.15, 0.2) is 0 Å². The molecule has 1 N–H and O–H groups in total. The first kappa shape index (κ1) is 17.0. The first-order valence-corrected chi connectivity index (χ1v) is 8.25. The van der Waals surface area contributed by atoms with E-state index in [4.69, 9.17) is 0 Å². The summed E-state index contributed by atoms with van der Waals surface area (Å²) in [6, 6.07) is 0. The average Bonchev–Trinajstić information content (AvgIpc) is 2.85. The van der Waals surface area contributed by atoms with Gasteiger partial charge in [-0.05, 0) is 18.8 Å². The molecule has 0 aromatic carbocycles. The highest BCUT2D eigenvalue weighted by atomic mass is 32.1. The van der Waals surface area contributed by atoms with Crippen molar-refractivity contribution in [2.75, 3.05) is 18.0 Å². The van der Waals surface area contributed by atoms with E-state index in [2.05, 4.69) is 30.7 Å². The molecule has 0 unspecified atom stereocenters. The average molecular weight is 298 g/mol. The molecule has 1 aromatic heterocycles. The second-order valence-corrected chi connectivity index (χ2v) is 6.37. The van der Waals surface area contributed by atoms with Gasteiger partial charge < -0.3 is 10.0 Å². The van der Waals surface area contributed by atoms with Crippen LogP contribution in [-0.4, -0.2) is 29.1 Å². The van der Waals surface area contributed by atoms with Gasteiger partial charge in [0.15, 0.2) is 5.13 Å². The van der Waals surface area contributed by atoms with Gasteiger partial charge in [0.1, 0.15) is 4.88 Å². The molecule has 0 saturated heterocycles. The molecular weight excluding hydrogens is 272 g/mol. The van der Waals surface area contributed by atoms with Gasteiger partial charge in [0, 0.05) is 13.1 Å². The normalized spacial score (nSPS) is 11.3. The molecule has 20 heavy (non-hydrogen) atoms. The second-order valence-electron chi connectivity index (χ2n) is 5.39. The van der Waals surface area contributed by atoms with Crippen LogP contribution in [-0.2, 0) is 0 Å². The molecule has 0 spiro atoms. The number of aromatic carboxylic acids is 1. The van der Waals surface area contributed by atoms with Crippen LogP contribution in [0.3, 0.4) is 0 Å². The van der Waals surface area contributed by atoms with Gasteiger partial charge in [-0.2, -0.15) is 0 Å². The fraction of sp³-hybridized carbons (Fsp3) is 0.733. The maximum atomic E-state index is 11.3. The SMILES string of the molecule is CCC(CC)CN(CC)c1nc(C(C)C)c(C(=O)O)s1. The van der Waals surface area contributed by atoms with Gasteiger partial charge in [0.25, 0.3) is 0 Å². The van der Waals surface area contributed by atoms with Crippen LogP contribution in [0, 0.1) is 5.92 Å². The summed E-state index contributed by atoms with van der Waals surface area (Å²) in [6.07, 6.45) is 2.28. The van der Waals surface area contributed by atoms with Gasteiger partial charge in [-0.25, -0.2) is 9.78 Å². The number of anilines is 1. The predicted octanol–water partition coefficient (Wildman–Crippen LogP) is 4.23. The van der Waals surface area contributed by atoms with E-state index >= 15 is 0 Å². The van der Waals surface area contributed by atoms with Crippen LogP contribution in [0.1, 0.15) is 68.7 Å². The Balaban J connectivity index is 3.04. The summed E-state index contributed by atoms with van der Waals surface area (Å²) in [4.78, 5) is 18.5. The minimum absolute atomic E-state index is 0.137. The number of hydrogen-bond donors (Lipinski definition) is 1. The summed E-state index contributed by atoms with van der Waals surface area (Å²) >= 11 is 1.31. The van der Waals surface area contributed by atoms with E-state index in [1.807, 2.05) is 13.8 Å². The fourth-order valence-corrected chi connectivity index (χ4v) is 3.33. The smallest absolute Gasteiger partial charge is 0.347 e. The van der Waals surface area contributed by atoms with E-state index in [9.17, 15) is 9.90 Å². The highest BCUT2D eigenvalue weighted by molar-refractivity contribution is 7.17. The Labute approximate surface area is 125 Å². The van der Waals surface area contributed by atoms with Gasteiger partial charge in [0.05, 0.1) is 5.69 Å². The number of nitrogens with zero attached hydrogens (tertiary/aromatic N) is 2. The van der Waals surface area contributed by atoms with E-state index in [0.717, 1.165) is 31.1 Å². The molecule has 114 valence electrons. The van der Waals surface area contributed by atoms with Crippen molar-refractivity contribution in [3.8, 4) is 0 Å². The third kappa shape index (κ3) is 3.95. The molecule has 5 heteroatoms. The van der Waals surface area contributed by atoms with Crippen LogP contribution in [0.4, 0.5) is 5.13 Å². The van der Waals surface area contributed by atoms with E-state index in [1.54, 1.807) is 0 Å². The zero-order valence-electron chi connectivity index (χ0n) is 13.1. The van der Waals surface area contributed by atoms with Gasteiger partial charge in [-0.15, -0.1) is 0 Å². The Kier molecular flexibility index (Phi) is 6.46. The lowest BCUT2D eigenvalue weighted by Crippen LogP contribution is -2.28. The third-order valence-electron chi connectivity index (χ3n) is 3.67. The Bertz CT molecular complexity index is 439. The Morgan fingerprint density at radius 3 is 2.25 bits per heavy atom. The number of aromatic nitrogens is 1. The molecule has 1 heterocycles. The van der Waals surface area contributed by atoms with Gasteiger partial charge in [0.2, 0.25) is 0 Å². The lowest BCUT2D eigenvalue weighted by molar-refractivity contribution is 0.0700. The minimum atomic E-state index is -0.865. The number of thiazole rings is 1. The molecule has 1 rings (SSSR count). The molecule has 1 aromatic rings. The molecule has 0 atom stereocenters. The van der Waals surface area contributed by atoms with Crippen molar-refractivity contribution in [1.29, 1.82) is 0 Å². The Morgan fingerprint density at radius 1 is 1.30 bits per heavy atom. The summed E-state index contributed by atoms with van der Waals surface area (Å²) in [6.45, 7) is 12.3. The van der Waals surface area contributed by atoms with Crippen LogP contribution in [0.25, 0.3) is 0 Å². The van der Waals surface area contributed by atoms with E-state index in [-0.39, 0.29) is 5.92 Å². The monoisotopic (exact) mass is 298 g/mol. The van der Waals surface area contributed by atoms with Gasteiger partial charge in [-0.3, -0.25) is 0 Å². The zero-order chi connectivity index (χ0) is 15.3. The maximum absolute atomic E-state index is 11.3. The summed E-state index contributed by atoms with van der Waals surface area (Å²) in [5, 5.41) is 10.2. The Morgan fingerprint density at radius 2 is 1.90 bits per heavy atom. The van der Waals surface area contributed by atoms with Crippen molar-refractivity contribution in [3.05, 3.63) is 10.6 Å². The van der Waals surface area contributed by atoms with Crippen LogP contribution in [0.2, 0.25) is 0 Å². The first-order chi connectivity index (χ1) is 9.44. The number of carboxylic acid groups (broad SMARTS) is 1. The van der Waals surface area contributed by atoms with Crippen molar-refractivity contribution < 1.29 is 9.90 Å². The topological polar surface area (TPSA) is 53.4 Å². The molecule has 0 aliphatic heterocycles. The van der Waals surface area contributed by atoms with Crippen molar-refractivity contribution >= 4 is 22.4 Å². The van der Waals surface area contributed by atoms with Crippen molar-refractivity contribution in [3.63, 3.8) is 0 Å². The quantitative estimate of drug-likeness (QED) is 0.780. The maximum Gasteiger partial charge on any atom is 0.347 e. The standard InChI is InChI=1S/C15H26N2O2S/c1-6-11(7-2)9-17(8-3)15-16-12(10(4)5)13(20-15)14(18)19/h10-11H,6-9H2,1-5H3,(H,18,19).